The Morgan fingerprint density at radius 1 is 1.60 bits per heavy atom. The quantitative estimate of drug-likeness (QED) is 0.552. The summed E-state index contributed by atoms with van der Waals surface area (Å²) in [4.78, 5) is 8.36. The van der Waals surface area contributed by atoms with Crippen molar-refractivity contribution in [1.82, 2.24) is 0 Å². The zero-order valence-electron chi connectivity index (χ0n) is 5.46. The van der Waals surface area contributed by atoms with Crippen LogP contribution in [0.15, 0.2) is 23.3 Å². The van der Waals surface area contributed by atoms with Gasteiger partial charge in [0.2, 0.25) is 0 Å². The molecule has 0 aromatic carbocycles. The van der Waals surface area contributed by atoms with Crippen LogP contribution in [0.2, 0.25) is 0 Å². The van der Waals surface area contributed by atoms with Crippen molar-refractivity contribution in [2.45, 2.75) is 12.8 Å². The van der Waals surface area contributed by atoms with Gasteiger partial charge in [-0.15, -0.1) is 0 Å². The lowest BCUT2D eigenvalue weighted by molar-refractivity contribution is -0.122. The molecule has 1 rings (SSSR count). The number of rotatable bonds is 0. The van der Waals surface area contributed by atoms with Gasteiger partial charge >= 0.3 is 0 Å². The monoisotopic (exact) mass is 160 g/mol. The third-order valence-electron chi connectivity index (χ3n) is 0.950. The minimum absolute atomic E-state index is 0.250. The zero-order valence-corrected chi connectivity index (χ0v) is 6.21. The van der Waals surface area contributed by atoms with Gasteiger partial charge in [-0.25, -0.2) is 0 Å². The molecule has 0 amide bonds. The van der Waals surface area contributed by atoms with Gasteiger partial charge in [-0.05, 0) is 18.9 Å². The molecular weight excluding hydrogens is 152 g/mol. The second kappa shape index (κ2) is 6.36. The molecule has 0 aromatic heterocycles. The summed E-state index contributed by atoms with van der Waals surface area (Å²) in [7, 11) is 0. The van der Waals surface area contributed by atoms with Crippen molar-refractivity contribution in [3.05, 3.63) is 23.3 Å². The van der Waals surface area contributed by atoms with Gasteiger partial charge in [0.05, 0.1) is 0 Å². The number of carboxylic acid groups (broad SMARTS) is 1. The summed E-state index contributed by atoms with van der Waals surface area (Å²) in [5.74, 6) is 0. The molecule has 1 aliphatic carbocycles. The van der Waals surface area contributed by atoms with Crippen molar-refractivity contribution >= 4 is 18.1 Å². The third kappa shape index (κ3) is 5.38. The van der Waals surface area contributed by atoms with Crippen molar-refractivity contribution in [3.8, 4) is 0 Å². The highest BCUT2D eigenvalue weighted by atomic mass is 35.5. The molecule has 2 nitrogen and oxygen atoms in total. The molecule has 0 fully saturated rings. The Morgan fingerprint density at radius 2 is 2.20 bits per heavy atom. The first-order valence-electron chi connectivity index (χ1n) is 2.91. The maximum Gasteiger partial charge on any atom is 0.290 e. The molecule has 0 unspecified atom stereocenters. The molecule has 56 valence electrons. The Bertz CT molecular complexity index is 150. The van der Waals surface area contributed by atoms with E-state index in [1.807, 2.05) is 12.2 Å². The molecular formula is C7H9ClO2. The number of halogens is 1. The Labute approximate surface area is 64.8 Å². The maximum absolute atomic E-state index is 8.36. The van der Waals surface area contributed by atoms with Crippen LogP contribution in [0.25, 0.3) is 0 Å². The van der Waals surface area contributed by atoms with E-state index in [9.17, 15) is 0 Å². The summed E-state index contributed by atoms with van der Waals surface area (Å²) in [6.07, 6.45) is 8.31. The Hall–Kier alpha value is -0.760. The van der Waals surface area contributed by atoms with Gasteiger partial charge < -0.3 is 5.11 Å². The van der Waals surface area contributed by atoms with Crippen molar-refractivity contribution in [2.75, 3.05) is 0 Å². The maximum atomic E-state index is 8.36. The van der Waals surface area contributed by atoms with Crippen LogP contribution in [-0.2, 0) is 4.79 Å². The second-order valence-electron chi connectivity index (χ2n) is 1.67. The molecule has 10 heavy (non-hydrogen) atoms. The summed E-state index contributed by atoms with van der Waals surface area (Å²) in [5, 5.41) is 7.77. The van der Waals surface area contributed by atoms with E-state index < -0.39 is 0 Å². The topological polar surface area (TPSA) is 37.3 Å². The van der Waals surface area contributed by atoms with Crippen LogP contribution in [0.3, 0.4) is 0 Å². The fourth-order valence-electron chi connectivity index (χ4n) is 0.581. The molecule has 1 N–H and O–H groups in total. The van der Waals surface area contributed by atoms with Crippen molar-refractivity contribution < 1.29 is 9.90 Å². The van der Waals surface area contributed by atoms with Gasteiger partial charge in [0, 0.05) is 5.03 Å². The highest BCUT2D eigenvalue weighted by molar-refractivity contribution is 6.31. The van der Waals surface area contributed by atoms with E-state index in [1.165, 1.54) is 0 Å². The molecule has 1 aliphatic rings. The highest BCUT2D eigenvalue weighted by Crippen LogP contribution is 2.11. The number of allylic oxidation sites excluding steroid dienone is 4. The van der Waals surface area contributed by atoms with Gasteiger partial charge in [-0.2, -0.15) is 0 Å². The van der Waals surface area contributed by atoms with Crippen LogP contribution in [0, 0.1) is 0 Å². The largest absolute Gasteiger partial charge is 0.483 e. The van der Waals surface area contributed by atoms with Crippen LogP contribution < -0.4 is 0 Å². The summed E-state index contributed by atoms with van der Waals surface area (Å²) < 4.78 is 0. The Kier molecular flexibility index (Phi) is 5.88. The van der Waals surface area contributed by atoms with Crippen LogP contribution in [0.4, 0.5) is 0 Å². The molecule has 0 aromatic rings. The average Bonchev–Trinajstić information content (AvgIpc) is 1.91. The molecule has 0 saturated carbocycles. The Balaban J connectivity index is 0.000000236. The molecule has 0 aliphatic heterocycles. The standard InChI is InChI=1S/C6H7Cl.CH2O2/c7-6-4-2-1-3-5-6;2-1-3/h2,4-5H,1,3H2;1H,(H,2,3). The van der Waals surface area contributed by atoms with Gasteiger partial charge in [0.25, 0.3) is 6.47 Å². The minimum Gasteiger partial charge on any atom is -0.483 e. The predicted octanol–water partition coefficient (Wildman–Crippen LogP) is 2.16. The zero-order chi connectivity index (χ0) is 7.82. The first-order valence-corrected chi connectivity index (χ1v) is 3.29. The Morgan fingerprint density at radius 3 is 2.40 bits per heavy atom. The highest BCUT2D eigenvalue weighted by Gasteiger charge is 1.88. The number of hydrogen-bond donors (Lipinski definition) is 1. The minimum atomic E-state index is -0.250. The molecule has 0 spiro atoms. The van der Waals surface area contributed by atoms with Gasteiger partial charge in [0.15, 0.2) is 0 Å². The summed E-state index contributed by atoms with van der Waals surface area (Å²) in [5.41, 5.74) is 0. The van der Waals surface area contributed by atoms with Crippen molar-refractivity contribution in [1.29, 1.82) is 0 Å². The summed E-state index contributed by atoms with van der Waals surface area (Å²) in [6, 6.07) is 0. The van der Waals surface area contributed by atoms with E-state index in [2.05, 4.69) is 6.08 Å². The SMILES string of the molecule is ClC1=CCCC=C1.O=CO. The average molecular weight is 161 g/mol. The van der Waals surface area contributed by atoms with Crippen molar-refractivity contribution in [3.63, 3.8) is 0 Å². The third-order valence-corrected chi connectivity index (χ3v) is 1.23. The number of hydrogen-bond acceptors (Lipinski definition) is 1. The van der Waals surface area contributed by atoms with E-state index in [-0.39, 0.29) is 6.47 Å². The fourth-order valence-corrected chi connectivity index (χ4v) is 0.780. The first kappa shape index (κ1) is 9.24. The normalized spacial score (nSPS) is 14.7. The van der Waals surface area contributed by atoms with E-state index in [4.69, 9.17) is 21.5 Å². The summed E-state index contributed by atoms with van der Waals surface area (Å²) >= 11 is 5.59. The van der Waals surface area contributed by atoms with Crippen LogP contribution in [0.1, 0.15) is 12.8 Å². The molecule has 3 heteroatoms. The molecule has 0 heterocycles. The van der Waals surface area contributed by atoms with Gasteiger partial charge in [-0.1, -0.05) is 23.8 Å². The molecule has 0 saturated heterocycles. The predicted molar refractivity (Wildman–Crippen MR) is 41.0 cm³/mol. The van der Waals surface area contributed by atoms with Gasteiger partial charge in [0.1, 0.15) is 0 Å². The van der Waals surface area contributed by atoms with Crippen LogP contribution >= 0.6 is 11.6 Å². The lowest BCUT2D eigenvalue weighted by Crippen LogP contribution is -1.73. The van der Waals surface area contributed by atoms with E-state index >= 15 is 0 Å². The molecule has 0 bridgehead atoms. The molecule has 0 radical (unpaired) electrons. The fraction of sp³-hybridized carbons (Fsp3) is 0.286. The second-order valence-corrected chi connectivity index (χ2v) is 2.11. The smallest absolute Gasteiger partial charge is 0.290 e. The van der Waals surface area contributed by atoms with E-state index in [1.54, 1.807) is 0 Å². The van der Waals surface area contributed by atoms with E-state index in [0.29, 0.717) is 0 Å². The van der Waals surface area contributed by atoms with Gasteiger partial charge in [-0.3, -0.25) is 4.79 Å². The van der Waals surface area contributed by atoms with E-state index in [0.717, 1.165) is 17.9 Å². The van der Waals surface area contributed by atoms with Crippen molar-refractivity contribution in [2.24, 2.45) is 0 Å². The number of carbonyl (C=O) groups is 1. The summed E-state index contributed by atoms with van der Waals surface area (Å²) in [6.45, 7) is -0.250. The van der Waals surface area contributed by atoms with Crippen LogP contribution in [0.5, 0.6) is 0 Å². The lowest BCUT2D eigenvalue weighted by atomic mass is 10.2. The lowest BCUT2D eigenvalue weighted by Gasteiger charge is -1.94. The van der Waals surface area contributed by atoms with Crippen LogP contribution in [-0.4, -0.2) is 11.6 Å². The molecule has 0 atom stereocenters. The first-order chi connectivity index (χ1) is 4.81.